The second-order valence-electron chi connectivity index (χ2n) is 11.3. The van der Waals surface area contributed by atoms with Gasteiger partial charge >= 0.3 is 16.1 Å². The fraction of sp³-hybridized carbons (Fsp3) is 0.545. The molecule has 4 aromatic heterocycles. The molecule has 2 unspecified atom stereocenters. The number of fused-ring (bicyclic) bond motifs is 4. The average Bonchev–Trinajstić information content (AvgIpc) is 3.26. The summed E-state index contributed by atoms with van der Waals surface area (Å²) < 4.78 is 52.0. The first kappa shape index (κ1) is 29.3. The van der Waals surface area contributed by atoms with Crippen molar-refractivity contribution < 1.29 is 42.3 Å². The van der Waals surface area contributed by atoms with Gasteiger partial charge in [0.2, 0.25) is 5.95 Å². The molecular weight excluding hydrogens is 658 g/mol. The van der Waals surface area contributed by atoms with E-state index in [0.29, 0.717) is 17.6 Å². The van der Waals surface area contributed by atoms with Crippen LogP contribution in [-0.4, -0.2) is 97.0 Å². The number of aromatic amines is 1. The summed E-state index contributed by atoms with van der Waals surface area (Å²) in [7, 11) is -7.76. The molecule has 1 spiro atoms. The molecule has 238 valence electrons. The molecule has 8 N–H and O–H groups in total. The van der Waals surface area contributed by atoms with Crippen molar-refractivity contribution in [2.45, 2.75) is 47.5 Å². The number of aliphatic hydroxyl groups is 2. The van der Waals surface area contributed by atoms with Crippen LogP contribution in [0.25, 0.3) is 22.3 Å². The molecular formula is C22H25N10O10P2S+. The molecule has 0 amide bonds. The predicted octanol–water partition coefficient (Wildman–Crippen LogP) is -0.404. The van der Waals surface area contributed by atoms with Crippen molar-refractivity contribution in [2.75, 3.05) is 24.7 Å². The lowest BCUT2D eigenvalue weighted by Gasteiger charge is -2.26. The molecule has 8 rings (SSSR count). The molecule has 20 nitrogen and oxygen atoms in total. The van der Waals surface area contributed by atoms with Crippen molar-refractivity contribution in [1.29, 1.82) is 0 Å². The van der Waals surface area contributed by atoms with E-state index >= 15 is 0 Å². The fourth-order valence-corrected chi connectivity index (χ4v) is 10.3. The molecule has 4 fully saturated rings. The average molecular weight is 684 g/mol. The zero-order valence-corrected chi connectivity index (χ0v) is 25.4. The maximum Gasteiger partial charge on any atom is 0.697 e. The number of phosphoric ester groups is 1. The molecule has 4 aliphatic rings. The summed E-state index contributed by atoms with van der Waals surface area (Å²) in [5.41, 5.74) is 10.7. The van der Waals surface area contributed by atoms with E-state index in [9.17, 15) is 29.0 Å². The Balaban J connectivity index is 1.12. The van der Waals surface area contributed by atoms with Gasteiger partial charge in [-0.25, -0.2) is 24.5 Å². The number of nitrogens with two attached hydrogens (primary N) is 2. The van der Waals surface area contributed by atoms with Crippen LogP contribution in [-0.2, 0) is 27.2 Å². The zero-order chi connectivity index (χ0) is 31.4. The molecule has 0 aromatic carbocycles. The molecule has 4 aromatic rings. The number of nitrogens with zero attached hydrogens (tertiary/aromatic N) is 7. The number of aromatic nitrogens is 8. The van der Waals surface area contributed by atoms with Crippen LogP contribution in [0.5, 0.6) is 0 Å². The van der Waals surface area contributed by atoms with Crippen molar-refractivity contribution >= 4 is 61.9 Å². The van der Waals surface area contributed by atoms with Gasteiger partial charge in [-0.15, -0.1) is 20.8 Å². The molecule has 2 saturated carbocycles. The topological polar surface area (TPSA) is 291 Å². The largest absolute Gasteiger partial charge is 0.697 e. The van der Waals surface area contributed by atoms with Gasteiger partial charge in [0.1, 0.15) is 36.0 Å². The first-order valence-corrected chi connectivity index (χ1v) is 17.1. The molecule has 2 aliphatic carbocycles. The van der Waals surface area contributed by atoms with E-state index in [1.165, 1.54) is 23.5 Å². The summed E-state index contributed by atoms with van der Waals surface area (Å²) in [5.74, 6) is -0.416. The summed E-state index contributed by atoms with van der Waals surface area (Å²) in [6.07, 6.45) is -0.893. The number of anilines is 2. The van der Waals surface area contributed by atoms with Crippen LogP contribution in [0.15, 0.2) is 23.8 Å². The second kappa shape index (κ2) is 10.2. The van der Waals surface area contributed by atoms with Crippen LogP contribution in [0, 0.1) is 11.3 Å². The van der Waals surface area contributed by atoms with Gasteiger partial charge in [-0.3, -0.25) is 23.4 Å². The molecule has 2 aliphatic heterocycles. The Hall–Kier alpha value is -3.10. The number of nitrogens with one attached hydrogen (secondary N) is 1. The van der Waals surface area contributed by atoms with Gasteiger partial charge in [-0.05, 0) is 12.3 Å². The summed E-state index contributed by atoms with van der Waals surface area (Å²) >= 11 is 1.04. The Morgan fingerprint density at radius 3 is 2.71 bits per heavy atom. The number of hydrogen-bond donors (Lipinski definition) is 6. The fourth-order valence-electron chi connectivity index (χ4n) is 6.72. The maximum atomic E-state index is 13.4. The molecule has 2 bridgehead atoms. The van der Waals surface area contributed by atoms with E-state index in [-0.39, 0.29) is 35.5 Å². The summed E-state index contributed by atoms with van der Waals surface area (Å²) in [4.78, 5) is 46.3. The third kappa shape index (κ3) is 4.53. The lowest BCUT2D eigenvalue weighted by Crippen LogP contribution is -2.37. The zero-order valence-electron chi connectivity index (χ0n) is 22.8. The third-order valence-corrected chi connectivity index (χ3v) is 12.1. The Kier molecular flexibility index (Phi) is 6.64. The van der Waals surface area contributed by atoms with Crippen molar-refractivity contribution in [1.82, 2.24) is 39.0 Å². The number of thioether (sulfide) groups is 1. The van der Waals surface area contributed by atoms with E-state index in [1.807, 2.05) is 0 Å². The van der Waals surface area contributed by atoms with E-state index in [0.717, 1.165) is 11.8 Å². The van der Waals surface area contributed by atoms with Crippen molar-refractivity contribution in [3.8, 4) is 0 Å². The monoisotopic (exact) mass is 683 g/mol. The number of aliphatic hydroxyl groups excluding tert-OH is 2. The minimum Gasteiger partial charge on any atom is -0.389 e. The van der Waals surface area contributed by atoms with Gasteiger partial charge in [0.05, 0.1) is 36.7 Å². The summed E-state index contributed by atoms with van der Waals surface area (Å²) in [5, 5.41) is 20.8. The Morgan fingerprint density at radius 2 is 1.89 bits per heavy atom. The normalized spacial score (nSPS) is 39.2. The molecule has 45 heavy (non-hydrogen) atoms. The van der Waals surface area contributed by atoms with Gasteiger partial charge in [0.25, 0.3) is 5.56 Å². The quantitative estimate of drug-likeness (QED) is 0.146. The summed E-state index contributed by atoms with van der Waals surface area (Å²) in [6.45, 7) is -0.760. The Bertz CT molecular complexity index is 1980. The van der Waals surface area contributed by atoms with E-state index in [4.69, 9.17) is 29.6 Å². The first-order valence-electron chi connectivity index (χ1n) is 13.6. The van der Waals surface area contributed by atoms with Gasteiger partial charge in [-0.1, -0.05) is 0 Å². The van der Waals surface area contributed by atoms with Gasteiger partial charge in [-0.2, -0.15) is 4.98 Å². The lowest BCUT2D eigenvalue weighted by molar-refractivity contribution is -0.0215. The molecule has 0 radical (unpaired) electrons. The van der Waals surface area contributed by atoms with Crippen LogP contribution in [0.2, 0.25) is 0 Å². The minimum atomic E-state index is -4.91. The van der Waals surface area contributed by atoms with E-state index in [2.05, 4.69) is 29.9 Å². The standard InChI is InChI=1S/C22H24N10O10P2S/c23-16-9-17(26-4-25-16)31(5-27-9)11-7-1-22(7)3-40-44(37,38)42-14-12(33)8(2-39-43(36)41-15(22)13(11)34)45-20(14)32-6-28-10-18(32)29-21(24)30-19(10)35/h4-8,11-15,20,33-34H,1-3H2,(H5-,23,24,25,26,29,30,35,37,38)/p+1/t7-,8-,11-,12-,13+,14-,15+,20-,22+/m1/s1. The third-order valence-electron chi connectivity index (χ3n) is 8.86. The number of hydrogen-bond acceptors (Lipinski definition) is 17. The number of imidazole rings is 2. The highest BCUT2D eigenvalue weighted by Gasteiger charge is 2.75. The highest BCUT2D eigenvalue weighted by atomic mass is 32.2. The predicted molar refractivity (Wildman–Crippen MR) is 153 cm³/mol. The van der Waals surface area contributed by atoms with Gasteiger partial charge in [0.15, 0.2) is 28.7 Å². The maximum absolute atomic E-state index is 13.4. The first-order chi connectivity index (χ1) is 21.5. The van der Waals surface area contributed by atoms with Crippen LogP contribution in [0.3, 0.4) is 0 Å². The van der Waals surface area contributed by atoms with E-state index in [1.54, 1.807) is 4.57 Å². The van der Waals surface area contributed by atoms with Crippen molar-refractivity contribution in [3.05, 3.63) is 29.3 Å². The molecule has 6 heterocycles. The number of rotatable bonds is 2. The number of H-pyrrole nitrogens is 1. The van der Waals surface area contributed by atoms with Gasteiger partial charge < -0.3 is 31.1 Å². The van der Waals surface area contributed by atoms with Crippen molar-refractivity contribution in [3.63, 3.8) is 0 Å². The molecule has 23 heteroatoms. The minimum absolute atomic E-state index is 0.0490. The molecule has 2 saturated heterocycles. The molecule has 11 atom stereocenters. The van der Waals surface area contributed by atoms with Crippen LogP contribution >= 0.6 is 27.8 Å². The van der Waals surface area contributed by atoms with E-state index < -0.39 is 74.7 Å². The smallest absolute Gasteiger partial charge is 0.389 e. The van der Waals surface area contributed by atoms with Crippen LogP contribution in [0.1, 0.15) is 17.8 Å². The lowest BCUT2D eigenvalue weighted by atomic mass is 10.0. The SMILES string of the molecule is Nc1nc2c(ncn2[C@@H]2S[C@@H]3CO[P+](=O)O[C@H]4[C@@H](O)[C@H](n5cnc6c(N)ncnc65)[C@H]5C[C@]54COP(=O)(O)O[C@@H]2[C@@H]3O)c(=O)[nH]1. The number of nitrogen functional groups attached to an aromatic ring is 2. The Morgan fingerprint density at radius 1 is 1.11 bits per heavy atom. The van der Waals surface area contributed by atoms with Crippen LogP contribution < -0.4 is 17.0 Å². The van der Waals surface area contributed by atoms with Crippen LogP contribution in [0.4, 0.5) is 11.8 Å². The second-order valence-corrected chi connectivity index (χ2v) is 15.0. The Labute approximate surface area is 256 Å². The van der Waals surface area contributed by atoms with Gasteiger partial charge in [0, 0.05) is 9.98 Å². The number of phosphoric acid groups is 1. The highest BCUT2D eigenvalue weighted by molar-refractivity contribution is 8.00. The summed E-state index contributed by atoms with van der Waals surface area (Å²) in [6, 6.07) is -0.691. The highest BCUT2D eigenvalue weighted by Crippen LogP contribution is 2.71. The van der Waals surface area contributed by atoms with Crippen molar-refractivity contribution in [2.24, 2.45) is 11.3 Å².